The maximum absolute atomic E-state index is 12.4. The Morgan fingerprint density at radius 3 is 2.40 bits per heavy atom. The van der Waals surface area contributed by atoms with Crippen molar-refractivity contribution in [2.24, 2.45) is 0 Å². The fraction of sp³-hybridized carbons (Fsp3) is 0. The molecule has 0 bridgehead atoms. The van der Waals surface area contributed by atoms with E-state index in [4.69, 9.17) is 0 Å². The maximum Gasteiger partial charge on any atom is 0.214 e. The molecule has 6 heteroatoms. The Morgan fingerprint density at radius 1 is 0.950 bits per heavy atom. The minimum absolute atomic E-state index is 0.159. The van der Waals surface area contributed by atoms with Gasteiger partial charge in [0.05, 0.1) is 0 Å². The molecule has 4 rings (SSSR count). The van der Waals surface area contributed by atoms with Gasteiger partial charge in [0.25, 0.3) is 0 Å². The molecule has 0 spiro atoms. The lowest BCUT2D eigenvalue weighted by Gasteiger charge is -2.11. The molecule has 1 aliphatic carbocycles. The van der Waals surface area contributed by atoms with E-state index in [9.17, 15) is 9.59 Å². The van der Waals surface area contributed by atoms with Crippen molar-refractivity contribution in [3.05, 3.63) is 59.0 Å². The number of nitrogens with one attached hydrogen (secondary N) is 2. The lowest BCUT2D eigenvalue weighted by molar-refractivity contribution is 0.0974. The fourth-order valence-electron chi connectivity index (χ4n) is 2.36. The molecule has 0 saturated carbocycles. The van der Waals surface area contributed by atoms with Gasteiger partial charge < -0.3 is 4.98 Å². The zero-order valence-corrected chi connectivity index (χ0v) is 10.2. The van der Waals surface area contributed by atoms with Crippen molar-refractivity contribution in [1.82, 2.24) is 20.2 Å². The van der Waals surface area contributed by atoms with E-state index in [0.717, 1.165) is 0 Å². The zero-order chi connectivity index (χ0) is 13.7. The van der Waals surface area contributed by atoms with Gasteiger partial charge in [0.1, 0.15) is 17.1 Å². The topological polar surface area (TPSA) is 91.5 Å². The van der Waals surface area contributed by atoms with Crippen LogP contribution >= 0.6 is 0 Å². The molecule has 20 heavy (non-hydrogen) atoms. The quantitative estimate of drug-likeness (QED) is 0.546. The van der Waals surface area contributed by atoms with E-state index >= 15 is 0 Å². The van der Waals surface area contributed by atoms with Crippen LogP contribution in [0.1, 0.15) is 32.1 Å². The van der Waals surface area contributed by atoms with Crippen LogP contribution in [-0.2, 0) is 0 Å². The van der Waals surface area contributed by atoms with Crippen LogP contribution in [0.2, 0.25) is 0 Å². The van der Waals surface area contributed by atoms with Crippen molar-refractivity contribution in [2.75, 3.05) is 0 Å². The fourth-order valence-corrected chi connectivity index (χ4v) is 2.36. The van der Waals surface area contributed by atoms with Crippen molar-refractivity contribution in [3.8, 4) is 11.5 Å². The van der Waals surface area contributed by atoms with Crippen LogP contribution in [0.5, 0.6) is 0 Å². The number of aromatic amines is 2. The number of hydrogen-bond acceptors (Lipinski definition) is 4. The van der Waals surface area contributed by atoms with Gasteiger partial charge in [0, 0.05) is 17.3 Å². The zero-order valence-electron chi connectivity index (χ0n) is 10.2. The summed E-state index contributed by atoms with van der Waals surface area (Å²) in [5, 5.41) is 6.66. The molecule has 1 aromatic carbocycles. The summed E-state index contributed by atoms with van der Waals surface area (Å²) in [6.45, 7) is 0. The second-order valence-corrected chi connectivity index (χ2v) is 4.47. The highest BCUT2D eigenvalue weighted by atomic mass is 16.1. The second-order valence-electron chi connectivity index (χ2n) is 4.47. The molecule has 2 N–H and O–H groups in total. The minimum Gasteiger partial charge on any atom is -0.333 e. The first-order valence-corrected chi connectivity index (χ1v) is 6.04. The summed E-state index contributed by atoms with van der Waals surface area (Å²) < 4.78 is 0. The SMILES string of the molecule is O=C1c2ccccc2C(=O)c2[nH]c(-c3cc[nH]n3)nc21. The summed E-state index contributed by atoms with van der Waals surface area (Å²) >= 11 is 0. The molecule has 96 valence electrons. The van der Waals surface area contributed by atoms with Crippen molar-refractivity contribution >= 4 is 11.6 Å². The molecule has 2 heterocycles. The van der Waals surface area contributed by atoms with Crippen LogP contribution in [0.3, 0.4) is 0 Å². The maximum atomic E-state index is 12.4. The molecule has 0 aliphatic heterocycles. The summed E-state index contributed by atoms with van der Waals surface area (Å²) in [5.74, 6) is -0.0523. The molecular weight excluding hydrogens is 256 g/mol. The molecule has 6 nitrogen and oxygen atoms in total. The van der Waals surface area contributed by atoms with Gasteiger partial charge in [-0.15, -0.1) is 0 Å². The molecule has 1 aliphatic rings. The average molecular weight is 264 g/mol. The predicted octanol–water partition coefficient (Wildman–Crippen LogP) is 1.58. The van der Waals surface area contributed by atoms with Gasteiger partial charge >= 0.3 is 0 Å². The van der Waals surface area contributed by atoms with Gasteiger partial charge in [-0.3, -0.25) is 14.7 Å². The number of rotatable bonds is 1. The summed E-state index contributed by atoms with van der Waals surface area (Å²) in [6, 6.07) is 8.47. The van der Waals surface area contributed by atoms with Crippen LogP contribution in [0.4, 0.5) is 0 Å². The van der Waals surface area contributed by atoms with Crippen molar-refractivity contribution in [3.63, 3.8) is 0 Å². The Labute approximate surface area is 112 Å². The Morgan fingerprint density at radius 2 is 1.70 bits per heavy atom. The Hall–Kier alpha value is -3.02. The first-order chi connectivity index (χ1) is 9.75. The van der Waals surface area contributed by atoms with Gasteiger partial charge in [-0.25, -0.2) is 4.98 Å². The van der Waals surface area contributed by atoms with Gasteiger partial charge in [-0.05, 0) is 6.07 Å². The summed E-state index contributed by atoms with van der Waals surface area (Å²) in [5.41, 5.74) is 1.75. The summed E-state index contributed by atoms with van der Waals surface area (Å²) in [4.78, 5) is 31.9. The largest absolute Gasteiger partial charge is 0.333 e. The van der Waals surface area contributed by atoms with Crippen molar-refractivity contribution in [2.45, 2.75) is 0 Å². The molecule has 0 amide bonds. The predicted molar refractivity (Wildman–Crippen MR) is 69.5 cm³/mol. The Bertz CT molecular complexity index is 793. The number of carbonyl (C=O) groups excluding carboxylic acids is 2. The normalized spacial score (nSPS) is 13.2. The summed E-state index contributed by atoms with van der Waals surface area (Å²) in [7, 11) is 0. The molecule has 3 aromatic rings. The smallest absolute Gasteiger partial charge is 0.214 e. The van der Waals surface area contributed by atoms with Gasteiger partial charge in [-0.1, -0.05) is 24.3 Å². The molecule has 0 radical (unpaired) electrons. The van der Waals surface area contributed by atoms with Crippen molar-refractivity contribution < 1.29 is 9.59 Å². The van der Waals surface area contributed by atoms with E-state index < -0.39 is 0 Å². The molecule has 0 unspecified atom stereocenters. The standard InChI is InChI=1S/C14H8N4O2/c19-12-7-3-1-2-4-8(7)13(20)11-10(12)16-14(17-11)9-5-6-15-18-9/h1-6H,(H,15,18)(H,16,17). The second kappa shape index (κ2) is 3.74. The molecule has 2 aromatic heterocycles. The van der Waals surface area contributed by atoms with E-state index in [1.165, 1.54) is 0 Å². The number of hydrogen-bond donors (Lipinski definition) is 2. The number of fused-ring (bicyclic) bond motifs is 2. The lowest BCUT2D eigenvalue weighted by Crippen LogP contribution is -2.20. The number of ketones is 2. The highest BCUT2D eigenvalue weighted by Gasteiger charge is 2.33. The average Bonchev–Trinajstić information content (AvgIpc) is 3.13. The van der Waals surface area contributed by atoms with E-state index in [0.29, 0.717) is 22.6 Å². The molecule has 0 atom stereocenters. The number of aromatic nitrogens is 4. The minimum atomic E-state index is -0.242. The molecule has 0 saturated heterocycles. The Kier molecular flexibility index (Phi) is 2.03. The molecule has 0 fully saturated rings. The van der Waals surface area contributed by atoms with Crippen LogP contribution in [0.15, 0.2) is 36.5 Å². The third kappa shape index (κ3) is 1.33. The number of imidazole rings is 1. The highest BCUT2D eigenvalue weighted by molar-refractivity contribution is 6.27. The van der Waals surface area contributed by atoms with E-state index in [2.05, 4.69) is 20.2 Å². The van der Waals surface area contributed by atoms with Crippen LogP contribution in [0, 0.1) is 0 Å². The summed E-state index contributed by atoms with van der Waals surface area (Å²) in [6.07, 6.45) is 1.65. The van der Waals surface area contributed by atoms with Crippen molar-refractivity contribution in [1.29, 1.82) is 0 Å². The van der Waals surface area contributed by atoms with E-state index in [1.54, 1.807) is 36.5 Å². The molecular formula is C14H8N4O2. The Balaban J connectivity index is 1.94. The van der Waals surface area contributed by atoms with Crippen LogP contribution in [-0.4, -0.2) is 31.7 Å². The number of nitrogens with zero attached hydrogens (tertiary/aromatic N) is 2. The van der Waals surface area contributed by atoms with Gasteiger partial charge in [0.15, 0.2) is 5.82 Å². The third-order valence-corrected chi connectivity index (χ3v) is 3.31. The lowest BCUT2D eigenvalue weighted by atomic mass is 9.90. The number of H-pyrrole nitrogens is 2. The van der Waals surface area contributed by atoms with Crippen LogP contribution in [0.25, 0.3) is 11.5 Å². The van der Waals surface area contributed by atoms with Gasteiger partial charge in [-0.2, -0.15) is 5.10 Å². The van der Waals surface area contributed by atoms with E-state index in [1.807, 2.05) is 0 Å². The number of benzene rings is 1. The number of carbonyl (C=O) groups is 2. The van der Waals surface area contributed by atoms with E-state index in [-0.39, 0.29) is 23.0 Å². The highest BCUT2D eigenvalue weighted by Crippen LogP contribution is 2.27. The first-order valence-electron chi connectivity index (χ1n) is 6.04. The first kappa shape index (κ1) is 10.9. The van der Waals surface area contributed by atoms with Gasteiger partial charge in [0.2, 0.25) is 11.6 Å². The third-order valence-electron chi connectivity index (χ3n) is 3.31. The monoisotopic (exact) mass is 264 g/mol. The van der Waals surface area contributed by atoms with Crippen LogP contribution < -0.4 is 0 Å².